The number of benzene rings is 4. The molecular weight excluding hydrogens is 610 g/mol. The number of fused-ring (bicyclic) bond motifs is 3. The fraction of sp³-hybridized carbons (Fsp3) is 0.385. The number of hydrogen-bond donors (Lipinski definition) is 0. The summed E-state index contributed by atoms with van der Waals surface area (Å²) < 4.78 is 32.3. The summed E-state index contributed by atoms with van der Waals surface area (Å²) in [6.45, 7) is 8.83. The van der Waals surface area contributed by atoms with Crippen molar-refractivity contribution in [1.82, 2.24) is 0 Å². The number of methoxy groups -OCH3 is 2. The summed E-state index contributed by atoms with van der Waals surface area (Å²) in [4.78, 5) is 0. The first-order valence-electron chi connectivity index (χ1n) is 16.4. The van der Waals surface area contributed by atoms with Crippen LogP contribution < -0.4 is 14.0 Å². The Morgan fingerprint density at radius 3 is 1.83 bits per heavy atom. The first-order chi connectivity index (χ1) is 22.3. The van der Waals surface area contributed by atoms with Gasteiger partial charge in [-0.1, -0.05) is 103 Å². The van der Waals surface area contributed by atoms with Gasteiger partial charge in [0, 0.05) is 27.7 Å². The molecule has 2 unspecified atom stereocenters. The number of aryl methyl sites for hydroxylation is 1. The van der Waals surface area contributed by atoms with Crippen LogP contribution in [-0.2, 0) is 11.8 Å². The average Bonchev–Trinajstić information content (AvgIpc) is 3.43. The molecule has 0 aliphatic carbocycles. The van der Waals surface area contributed by atoms with Crippen LogP contribution in [0.3, 0.4) is 0 Å². The largest absolute Gasteiger partial charge is 0.497 e. The van der Waals surface area contributed by atoms with Crippen LogP contribution in [0.2, 0.25) is 0 Å². The normalized spacial score (nSPS) is 18.7. The number of rotatable bonds is 10. The monoisotopic (exact) mass is 656 g/mol. The highest BCUT2D eigenvalue weighted by molar-refractivity contribution is 7.59. The number of unbranched alkanes of at least 4 members (excludes halogenated alkanes) is 1. The SMILES string of the molecule is CCCCc1cc(OC)cc2c1op(OCP1[C@@H](c3ccccc3)CC[C@H]1c1ccccc1)oc1c(C(C)(C)C)cc(OC)cc12. The van der Waals surface area contributed by atoms with Crippen LogP contribution in [0.25, 0.3) is 21.9 Å². The standard InChI is InChI=1S/C39H46O5P2/c1-7-8-15-29-22-30(40-5)23-32-33-24-31(41-6)25-34(39(2,3)4)38(33)44-46(43-37(29)32)42-26-45-35(27-16-11-9-12-17-27)20-21-36(45)28-18-13-10-14-19-28/h9-14,16-19,22-25,35-36H,7-8,15,20-21,26H2,1-6H3/t35-,36+,45?,46?. The molecule has 6 rings (SSSR count). The highest BCUT2D eigenvalue weighted by Gasteiger charge is 2.38. The van der Waals surface area contributed by atoms with Crippen LogP contribution in [0.15, 0.2) is 93.3 Å². The van der Waals surface area contributed by atoms with Crippen molar-refractivity contribution < 1.29 is 22.4 Å². The Morgan fingerprint density at radius 1 is 0.739 bits per heavy atom. The van der Waals surface area contributed by atoms with Crippen LogP contribution in [0.5, 0.6) is 11.5 Å². The van der Waals surface area contributed by atoms with Gasteiger partial charge in [0.2, 0.25) is 0 Å². The Labute approximate surface area is 275 Å². The van der Waals surface area contributed by atoms with Crippen LogP contribution in [-0.4, -0.2) is 20.6 Å². The second kappa shape index (κ2) is 14.3. The average molecular weight is 657 g/mol. The molecule has 1 saturated heterocycles. The molecule has 0 radical (unpaired) electrons. The van der Waals surface area contributed by atoms with Gasteiger partial charge in [0.15, 0.2) is 0 Å². The van der Waals surface area contributed by atoms with E-state index in [-0.39, 0.29) is 5.41 Å². The van der Waals surface area contributed by atoms with Gasteiger partial charge in [-0.05, 0) is 72.1 Å². The van der Waals surface area contributed by atoms with E-state index in [2.05, 4.69) is 113 Å². The molecule has 1 aliphatic rings. The quantitative estimate of drug-likeness (QED) is 0.140. The third-order valence-corrected chi connectivity index (χ3v) is 13.4. The molecule has 4 atom stereocenters. The second-order valence-corrected chi connectivity index (χ2v) is 16.8. The molecule has 0 bridgehead atoms. The van der Waals surface area contributed by atoms with Gasteiger partial charge in [-0.15, -0.1) is 0 Å². The predicted molar refractivity (Wildman–Crippen MR) is 193 cm³/mol. The molecule has 0 amide bonds. The van der Waals surface area contributed by atoms with Gasteiger partial charge in [-0.25, -0.2) is 0 Å². The van der Waals surface area contributed by atoms with Crippen molar-refractivity contribution in [2.24, 2.45) is 0 Å². The van der Waals surface area contributed by atoms with Gasteiger partial charge in [0.05, 0.1) is 20.6 Å². The maximum atomic E-state index is 6.91. The van der Waals surface area contributed by atoms with Gasteiger partial charge in [0.1, 0.15) is 22.7 Å². The molecule has 242 valence electrons. The first kappa shape index (κ1) is 32.7. The fourth-order valence-electron chi connectivity index (χ4n) is 6.66. The summed E-state index contributed by atoms with van der Waals surface area (Å²) in [5, 5.41) is 1.90. The molecule has 5 nitrogen and oxygen atoms in total. The highest BCUT2D eigenvalue weighted by atomic mass is 31.1. The maximum Gasteiger partial charge on any atom is 0.387 e. The van der Waals surface area contributed by atoms with E-state index in [1.165, 1.54) is 11.1 Å². The summed E-state index contributed by atoms with van der Waals surface area (Å²) in [7, 11) is 1.12. The smallest absolute Gasteiger partial charge is 0.387 e. The Hall–Kier alpha value is -3.23. The Kier molecular flexibility index (Phi) is 10.1. The molecule has 2 heterocycles. The third-order valence-electron chi connectivity index (χ3n) is 9.10. The van der Waals surface area contributed by atoms with Gasteiger partial charge in [-0.2, -0.15) is 0 Å². The summed E-state index contributed by atoms with van der Waals surface area (Å²) in [5.74, 6) is 1.59. The van der Waals surface area contributed by atoms with Crippen molar-refractivity contribution in [3.05, 3.63) is 107 Å². The van der Waals surface area contributed by atoms with Crippen LogP contribution >= 0.6 is 16.2 Å². The molecule has 4 aromatic carbocycles. The Balaban J connectivity index is 1.53. The van der Waals surface area contributed by atoms with Crippen molar-refractivity contribution in [2.75, 3.05) is 20.6 Å². The zero-order valence-electron chi connectivity index (χ0n) is 27.9. The van der Waals surface area contributed by atoms with Gasteiger partial charge in [-0.3, -0.25) is 4.52 Å². The molecule has 1 aromatic heterocycles. The van der Waals surface area contributed by atoms with Crippen molar-refractivity contribution in [3.8, 4) is 11.5 Å². The summed E-state index contributed by atoms with van der Waals surface area (Å²) in [5.41, 5.74) is 7.31. The molecule has 7 heteroatoms. The molecule has 5 aromatic rings. The highest BCUT2D eigenvalue weighted by Crippen LogP contribution is 2.70. The zero-order chi connectivity index (χ0) is 32.3. The number of ether oxygens (including phenoxy) is 2. The van der Waals surface area contributed by atoms with E-state index in [0.717, 1.165) is 76.7 Å². The van der Waals surface area contributed by atoms with E-state index in [0.29, 0.717) is 17.7 Å². The topological polar surface area (TPSA) is 54.0 Å². The van der Waals surface area contributed by atoms with Crippen LogP contribution in [0.4, 0.5) is 0 Å². The molecule has 0 N–H and O–H groups in total. The van der Waals surface area contributed by atoms with E-state index in [1.54, 1.807) is 14.2 Å². The summed E-state index contributed by atoms with van der Waals surface area (Å²) in [6.07, 6.45) is 5.91. The minimum absolute atomic E-state index is 0.208. The van der Waals surface area contributed by atoms with E-state index in [9.17, 15) is 0 Å². The lowest BCUT2D eigenvalue weighted by Crippen LogP contribution is -2.11. The lowest BCUT2D eigenvalue weighted by molar-refractivity contribution is 0.412. The molecule has 46 heavy (non-hydrogen) atoms. The third kappa shape index (κ3) is 6.89. The lowest BCUT2D eigenvalue weighted by Gasteiger charge is -2.25. The molecular formula is C39H46O5P2. The Morgan fingerprint density at radius 2 is 1.28 bits per heavy atom. The molecule has 1 aliphatic heterocycles. The lowest BCUT2D eigenvalue weighted by atomic mass is 9.85. The summed E-state index contributed by atoms with van der Waals surface area (Å²) in [6, 6.07) is 30.3. The molecule has 1 fully saturated rings. The Bertz CT molecular complexity index is 1760. The van der Waals surface area contributed by atoms with Crippen molar-refractivity contribution >= 4 is 38.1 Å². The van der Waals surface area contributed by atoms with E-state index >= 15 is 0 Å². The minimum Gasteiger partial charge on any atom is -0.497 e. The van der Waals surface area contributed by atoms with Crippen molar-refractivity contribution in [1.29, 1.82) is 0 Å². The maximum absolute atomic E-state index is 6.91. The van der Waals surface area contributed by atoms with Crippen molar-refractivity contribution in [3.63, 3.8) is 0 Å². The van der Waals surface area contributed by atoms with Crippen LogP contribution in [0.1, 0.15) is 87.0 Å². The second-order valence-electron chi connectivity index (χ2n) is 13.2. The minimum atomic E-state index is -1.75. The first-order valence-corrected chi connectivity index (χ1v) is 19.1. The molecule has 0 spiro atoms. The summed E-state index contributed by atoms with van der Waals surface area (Å²) >= 11 is 0. The molecule has 0 saturated carbocycles. The number of hydrogen-bond acceptors (Lipinski definition) is 5. The van der Waals surface area contributed by atoms with E-state index in [4.69, 9.17) is 22.4 Å². The van der Waals surface area contributed by atoms with Gasteiger partial charge >= 0.3 is 8.24 Å². The van der Waals surface area contributed by atoms with Crippen LogP contribution in [0, 0.1) is 0 Å². The predicted octanol–water partition coefficient (Wildman–Crippen LogP) is 12.1. The fourth-order valence-corrected chi connectivity index (χ4v) is 11.3. The zero-order valence-corrected chi connectivity index (χ0v) is 29.7. The van der Waals surface area contributed by atoms with Gasteiger partial charge < -0.3 is 17.9 Å². The van der Waals surface area contributed by atoms with E-state index in [1.807, 2.05) is 0 Å². The van der Waals surface area contributed by atoms with Gasteiger partial charge in [0.25, 0.3) is 0 Å². The van der Waals surface area contributed by atoms with E-state index < -0.39 is 16.2 Å². The van der Waals surface area contributed by atoms with Crippen molar-refractivity contribution in [2.45, 2.75) is 76.5 Å².